The Bertz CT molecular complexity index is 971. The van der Waals surface area contributed by atoms with Gasteiger partial charge in [-0.25, -0.2) is 4.98 Å². The second-order valence-corrected chi connectivity index (χ2v) is 8.81. The number of thiazole rings is 1. The molecule has 1 aliphatic heterocycles. The van der Waals surface area contributed by atoms with Gasteiger partial charge in [0, 0.05) is 70.8 Å². The number of carbonyl (C=O) groups is 3. The number of benzene rings is 1. The van der Waals surface area contributed by atoms with E-state index in [2.05, 4.69) is 10.3 Å². The van der Waals surface area contributed by atoms with Crippen LogP contribution in [0.15, 0.2) is 29.6 Å². The molecule has 0 atom stereocenters. The molecule has 2 aromatic rings. The summed E-state index contributed by atoms with van der Waals surface area (Å²) < 4.78 is 5.15. The van der Waals surface area contributed by atoms with E-state index in [9.17, 15) is 14.4 Å². The summed E-state index contributed by atoms with van der Waals surface area (Å²) in [5, 5.41) is 5.59. The van der Waals surface area contributed by atoms with Gasteiger partial charge in [-0.2, -0.15) is 0 Å². The van der Waals surface area contributed by atoms with Crippen molar-refractivity contribution in [2.24, 2.45) is 0 Å². The Morgan fingerprint density at radius 2 is 1.88 bits per heavy atom. The summed E-state index contributed by atoms with van der Waals surface area (Å²) in [5.74, 6) is -0.221. The van der Waals surface area contributed by atoms with Gasteiger partial charge in [0.25, 0.3) is 5.91 Å². The van der Waals surface area contributed by atoms with Crippen molar-refractivity contribution in [3.8, 4) is 0 Å². The predicted octanol–water partition coefficient (Wildman–Crippen LogP) is 2.36. The Morgan fingerprint density at radius 3 is 2.55 bits per heavy atom. The minimum atomic E-state index is -0.227. The summed E-state index contributed by atoms with van der Waals surface area (Å²) in [6.07, 6.45) is 0.216. The Kier molecular flexibility index (Phi) is 8.79. The third-order valence-electron chi connectivity index (χ3n) is 5.52. The minimum absolute atomic E-state index is 0.0199. The highest BCUT2D eigenvalue weighted by molar-refractivity contribution is 7.14. The number of ether oxygens (including phenoxy) is 1. The van der Waals surface area contributed by atoms with E-state index in [4.69, 9.17) is 4.74 Å². The molecule has 0 radical (unpaired) electrons. The van der Waals surface area contributed by atoms with Crippen LogP contribution < -0.4 is 5.32 Å². The number of piperazine rings is 1. The maximum absolute atomic E-state index is 13.1. The van der Waals surface area contributed by atoms with Gasteiger partial charge in [-0.15, -0.1) is 11.3 Å². The van der Waals surface area contributed by atoms with Crippen LogP contribution in [-0.2, 0) is 14.3 Å². The molecule has 1 aliphatic rings. The van der Waals surface area contributed by atoms with Crippen LogP contribution >= 0.6 is 11.3 Å². The molecule has 0 bridgehead atoms. The number of nitrogens with one attached hydrogen (secondary N) is 1. The van der Waals surface area contributed by atoms with E-state index < -0.39 is 0 Å². The number of hydrogen-bond donors (Lipinski definition) is 1. The summed E-state index contributed by atoms with van der Waals surface area (Å²) in [4.78, 5) is 46.8. The molecule has 10 heteroatoms. The molecule has 1 N–H and O–H groups in total. The van der Waals surface area contributed by atoms with Crippen molar-refractivity contribution in [2.45, 2.75) is 20.3 Å². The first kappa shape index (κ1) is 24.7. The normalized spacial score (nSPS) is 13.7. The molecular formula is C23H31N5O4S. The zero-order valence-electron chi connectivity index (χ0n) is 19.4. The van der Waals surface area contributed by atoms with Crippen molar-refractivity contribution in [1.82, 2.24) is 19.7 Å². The number of rotatable bonds is 9. The second kappa shape index (κ2) is 11.8. The lowest BCUT2D eigenvalue weighted by atomic mass is 10.2. The van der Waals surface area contributed by atoms with Crippen LogP contribution in [0.4, 0.5) is 10.8 Å². The van der Waals surface area contributed by atoms with Crippen molar-refractivity contribution in [2.75, 3.05) is 58.3 Å². The molecule has 3 amide bonds. The third-order valence-corrected chi connectivity index (χ3v) is 6.28. The van der Waals surface area contributed by atoms with Crippen molar-refractivity contribution in [3.63, 3.8) is 0 Å². The average molecular weight is 474 g/mol. The first-order chi connectivity index (χ1) is 15.9. The Labute approximate surface area is 198 Å². The van der Waals surface area contributed by atoms with E-state index in [0.29, 0.717) is 50.2 Å². The van der Waals surface area contributed by atoms with Crippen LogP contribution in [0.3, 0.4) is 0 Å². The number of carbonyl (C=O) groups excluding carboxylic acids is 3. The molecule has 33 heavy (non-hydrogen) atoms. The molecular weight excluding hydrogens is 442 g/mol. The molecule has 178 valence electrons. The largest absolute Gasteiger partial charge is 0.383 e. The molecule has 1 aromatic carbocycles. The SMILES string of the molecule is COCCN(CCC(=O)N1CCN(C(C)=O)CC1)C(=O)c1csc(Nc2cccc(C)c2)n1. The van der Waals surface area contributed by atoms with Crippen molar-refractivity contribution in [3.05, 3.63) is 40.9 Å². The van der Waals surface area contributed by atoms with Gasteiger partial charge in [-0.1, -0.05) is 12.1 Å². The number of methoxy groups -OCH3 is 1. The van der Waals surface area contributed by atoms with Gasteiger partial charge < -0.3 is 24.8 Å². The van der Waals surface area contributed by atoms with E-state index in [1.54, 1.807) is 27.2 Å². The third kappa shape index (κ3) is 7.00. The lowest BCUT2D eigenvalue weighted by Crippen LogP contribution is -2.50. The molecule has 0 saturated carbocycles. The zero-order valence-corrected chi connectivity index (χ0v) is 20.2. The molecule has 3 rings (SSSR count). The van der Waals surface area contributed by atoms with E-state index in [-0.39, 0.29) is 30.7 Å². The summed E-state index contributed by atoms with van der Waals surface area (Å²) >= 11 is 1.36. The van der Waals surface area contributed by atoms with E-state index in [0.717, 1.165) is 11.3 Å². The lowest BCUT2D eigenvalue weighted by Gasteiger charge is -2.34. The van der Waals surface area contributed by atoms with Gasteiger partial charge in [0.2, 0.25) is 11.8 Å². The van der Waals surface area contributed by atoms with E-state index in [1.807, 2.05) is 31.2 Å². The topological polar surface area (TPSA) is 95.1 Å². The molecule has 1 fully saturated rings. The first-order valence-electron chi connectivity index (χ1n) is 11.0. The van der Waals surface area contributed by atoms with Crippen LogP contribution in [0, 0.1) is 6.92 Å². The Hall–Kier alpha value is -2.98. The number of nitrogens with zero attached hydrogens (tertiary/aromatic N) is 4. The van der Waals surface area contributed by atoms with Gasteiger partial charge in [0.15, 0.2) is 5.13 Å². The van der Waals surface area contributed by atoms with Gasteiger partial charge in [-0.3, -0.25) is 14.4 Å². The number of amides is 3. The molecule has 0 aliphatic carbocycles. The fraction of sp³-hybridized carbons (Fsp3) is 0.478. The highest BCUT2D eigenvalue weighted by atomic mass is 32.1. The van der Waals surface area contributed by atoms with E-state index >= 15 is 0 Å². The van der Waals surface area contributed by atoms with Crippen molar-refractivity contribution >= 4 is 39.9 Å². The van der Waals surface area contributed by atoms with Crippen LogP contribution in [-0.4, -0.2) is 90.4 Å². The van der Waals surface area contributed by atoms with Crippen molar-refractivity contribution in [1.29, 1.82) is 0 Å². The zero-order chi connectivity index (χ0) is 23.8. The number of aryl methyl sites for hydroxylation is 1. The quantitative estimate of drug-likeness (QED) is 0.601. The Morgan fingerprint density at radius 1 is 1.15 bits per heavy atom. The first-order valence-corrected chi connectivity index (χ1v) is 11.9. The van der Waals surface area contributed by atoms with Crippen LogP contribution in [0.2, 0.25) is 0 Å². The van der Waals surface area contributed by atoms with Crippen LogP contribution in [0.1, 0.15) is 29.4 Å². The molecule has 0 unspecified atom stereocenters. The van der Waals surface area contributed by atoms with Crippen LogP contribution in [0.5, 0.6) is 0 Å². The van der Waals surface area contributed by atoms with Gasteiger partial charge in [-0.05, 0) is 24.6 Å². The average Bonchev–Trinajstić information content (AvgIpc) is 3.27. The predicted molar refractivity (Wildman–Crippen MR) is 128 cm³/mol. The second-order valence-electron chi connectivity index (χ2n) is 7.95. The van der Waals surface area contributed by atoms with Crippen molar-refractivity contribution < 1.29 is 19.1 Å². The Balaban J connectivity index is 1.58. The maximum Gasteiger partial charge on any atom is 0.273 e. The summed E-state index contributed by atoms with van der Waals surface area (Å²) in [5.41, 5.74) is 2.38. The number of anilines is 2. The maximum atomic E-state index is 13.1. The van der Waals surface area contributed by atoms with Gasteiger partial charge in [0.1, 0.15) is 5.69 Å². The lowest BCUT2D eigenvalue weighted by molar-refractivity contribution is -0.138. The minimum Gasteiger partial charge on any atom is -0.383 e. The van der Waals surface area contributed by atoms with Crippen LogP contribution in [0.25, 0.3) is 0 Å². The summed E-state index contributed by atoms with van der Waals surface area (Å²) in [7, 11) is 1.58. The fourth-order valence-corrected chi connectivity index (χ4v) is 4.32. The standard InChI is InChI=1S/C23H31N5O4S/c1-17-5-4-6-19(15-17)24-23-25-20(16-33-23)22(31)28(13-14-32-3)8-7-21(30)27-11-9-26(10-12-27)18(2)29/h4-6,15-16H,7-14H2,1-3H3,(H,24,25). The summed E-state index contributed by atoms with van der Waals surface area (Å²) in [6, 6.07) is 7.93. The number of hydrogen-bond acceptors (Lipinski definition) is 7. The van der Waals surface area contributed by atoms with Gasteiger partial charge >= 0.3 is 0 Å². The molecule has 1 saturated heterocycles. The van der Waals surface area contributed by atoms with Gasteiger partial charge in [0.05, 0.1) is 6.61 Å². The van der Waals surface area contributed by atoms with E-state index in [1.165, 1.54) is 18.3 Å². The smallest absolute Gasteiger partial charge is 0.273 e. The fourth-order valence-electron chi connectivity index (χ4n) is 3.61. The number of aromatic nitrogens is 1. The molecule has 9 nitrogen and oxygen atoms in total. The molecule has 2 heterocycles. The molecule has 0 spiro atoms. The monoisotopic (exact) mass is 473 g/mol. The highest BCUT2D eigenvalue weighted by Gasteiger charge is 2.24. The summed E-state index contributed by atoms with van der Waals surface area (Å²) in [6.45, 7) is 6.71. The highest BCUT2D eigenvalue weighted by Crippen LogP contribution is 2.22. The molecule has 1 aromatic heterocycles.